The maximum Gasteiger partial charge on any atom is 0.422 e. The number of alkyl halides is 3. The first-order valence-corrected chi connectivity index (χ1v) is 12.2. The molecule has 0 atom stereocenters. The SMILES string of the molecule is Cc1ccc(CNc2nc(OCC(F)(F)F)nc(N3CCN(S(=O)(=O)c4ccc(F)cc4)CC3)n2)o1. The van der Waals surface area contributed by atoms with Crippen molar-refractivity contribution >= 4 is 21.9 Å². The maximum atomic E-state index is 13.2. The van der Waals surface area contributed by atoms with Crippen LogP contribution in [0.1, 0.15) is 11.5 Å². The second-order valence-corrected chi connectivity index (χ2v) is 9.79. The molecule has 1 saturated heterocycles. The molecule has 0 unspecified atom stereocenters. The van der Waals surface area contributed by atoms with Gasteiger partial charge in [0.05, 0.1) is 11.4 Å². The van der Waals surface area contributed by atoms with Gasteiger partial charge in [0.2, 0.25) is 21.9 Å². The van der Waals surface area contributed by atoms with Crippen LogP contribution in [-0.2, 0) is 16.6 Å². The number of anilines is 2. The number of furan rings is 1. The van der Waals surface area contributed by atoms with Gasteiger partial charge in [-0.1, -0.05) is 0 Å². The van der Waals surface area contributed by atoms with Crippen LogP contribution < -0.4 is 15.0 Å². The zero-order chi connectivity index (χ0) is 25.9. The van der Waals surface area contributed by atoms with E-state index in [1.807, 2.05) is 0 Å². The molecule has 0 saturated carbocycles. The predicted octanol–water partition coefficient (Wildman–Crippen LogP) is 2.98. The summed E-state index contributed by atoms with van der Waals surface area (Å²) >= 11 is 0. The number of piperazine rings is 1. The fourth-order valence-electron chi connectivity index (χ4n) is 3.41. The monoisotopic (exact) mass is 530 g/mol. The van der Waals surface area contributed by atoms with Crippen LogP contribution in [0.2, 0.25) is 0 Å². The molecular weight excluding hydrogens is 508 g/mol. The summed E-state index contributed by atoms with van der Waals surface area (Å²) in [6, 6.07) is 7.46. The van der Waals surface area contributed by atoms with Crippen LogP contribution in [0.15, 0.2) is 45.7 Å². The van der Waals surface area contributed by atoms with Crippen LogP contribution in [0.4, 0.5) is 29.5 Å². The average molecular weight is 531 g/mol. The summed E-state index contributed by atoms with van der Waals surface area (Å²) in [4.78, 5) is 13.7. The van der Waals surface area contributed by atoms with E-state index >= 15 is 0 Å². The number of sulfonamides is 1. The lowest BCUT2D eigenvalue weighted by atomic mass is 10.4. The lowest BCUT2D eigenvalue weighted by Gasteiger charge is -2.34. The third-order valence-electron chi connectivity index (χ3n) is 5.16. The average Bonchev–Trinajstić information content (AvgIpc) is 3.26. The summed E-state index contributed by atoms with van der Waals surface area (Å²) < 4.78 is 88.3. The highest BCUT2D eigenvalue weighted by Crippen LogP contribution is 2.23. The van der Waals surface area contributed by atoms with Crippen LogP contribution >= 0.6 is 0 Å². The third kappa shape index (κ3) is 6.40. The number of rotatable bonds is 8. The quantitative estimate of drug-likeness (QED) is 0.439. The molecule has 15 heteroatoms. The molecule has 194 valence electrons. The second-order valence-electron chi connectivity index (χ2n) is 7.86. The molecule has 0 radical (unpaired) electrons. The maximum absolute atomic E-state index is 13.2. The van der Waals surface area contributed by atoms with Gasteiger partial charge < -0.3 is 19.4 Å². The molecule has 10 nitrogen and oxygen atoms in total. The highest BCUT2D eigenvalue weighted by Gasteiger charge is 2.31. The largest absolute Gasteiger partial charge is 0.465 e. The van der Waals surface area contributed by atoms with Gasteiger partial charge >= 0.3 is 12.2 Å². The van der Waals surface area contributed by atoms with Gasteiger partial charge in [-0.25, -0.2) is 12.8 Å². The molecule has 1 fully saturated rings. The van der Waals surface area contributed by atoms with Gasteiger partial charge in [0.1, 0.15) is 17.3 Å². The van der Waals surface area contributed by atoms with E-state index in [4.69, 9.17) is 9.15 Å². The molecule has 4 rings (SSSR count). The first-order chi connectivity index (χ1) is 17.0. The first kappa shape index (κ1) is 25.6. The molecule has 1 aliphatic heterocycles. The van der Waals surface area contributed by atoms with Crippen LogP contribution in [0.3, 0.4) is 0 Å². The number of nitrogens with one attached hydrogen (secondary N) is 1. The van der Waals surface area contributed by atoms with Crippen molar-refractivity contribution in [3.8, 4) is 6.01 Å². The molecule has 36 heavy (non-hydrogen) atoms. The normalized spacial score (nSPS) is 15.2. The van der Waals surface area contributed by atoms with Crippen molar-refractivity contribution in [1.82, 2.24) is 19.3 Å². The number of halogens is 4. The topological polar surface area (TPSA) is 114 Å². The second kappa shape index (κ2) is 10.3. The van der Waals surface area contributed by atoms with E-state index in [0.717, 1.165) is 12.1 Å². The highest BCUT2D eigenvalue weighted by atomic mass is 32.2. The fraction of sp³-hybridized carbons (Fsp3) is 0.381. The number of ether oxygens (including phenoxy) is 1. The van der Waals surface area contributed by atoms with E-state index in [9.17, 15) is 26.0 Å². The zero-order valence-electron chi connectivity index (χ0n) is 19.0. The van der Waals surface area contributed by atoms with Crippen LogP contribution in [0.25, 0.3) is 0 Å². The Hall–Kier alpha value is -3.46. The van der Waals surface area contributed by atoms with E-state index in [2.05, 4.69) is 20.3 Å². The van der Waals surface area contributed by atoms with Gasteiger partial charge in [-0.05, 0) is 43.3 Å². The lowest BCUT2D eigenvalue weighted by molar-refractivity contribution is -0.154. The summed E-state index contributed by atoms with van der Waals surface area (Å²) in [6.07, 6.45) is -4.59. The summed E-state index contributed by atoms with van der Waals surface area (Å²) in [7, 11) is -3.85. The Bertz CT molecular complexity index is 1290. The van der Waals surface area contributed by atoms with Crippen LogP contribution in [-0.4, -0.2) is 66.6 Å². The molecule has 2 aromatic heterocycles. The fourth-order valence-corrected chi connectivity index (χ4v) is 4.83. The van der Waals surface area contributed by atoms with Crippen molar-refractivity contribution in [2.45, 2.75) is 24.5 Å². The van der Waals surface area contributed by atoms with Gasteiger partial charge in [0.15, 0.2) is 6.61 Å². The minimum absolute atomic E-state index is 0.0270. The Kier molecular flexibility index (Phi) is 7.31. The number of benzene rings is 1. The van der Waals surface area contributed by atoms with Gasteiger partial charge in [0.25, 0.3) is 0 Å². The standard InChI is InChI=1S/C21H22F4N6O4S/c1-14-2-5-16(35-14)12-26-18-27-19(29-20(28-18)34-13-21(23,24)25)30-8-10-31(11-9-30)36(32,33)17-6-3-15(22)4-7-17/h2-7H,8-13H2,1H3,(H,26,27,28,29). The van der Waals surface area contributed by atoms with Crippen molar-refractivity contribution in [1.29, 1.82) is 0 Å². The molecule has 1 aliphatic rings. The van der Waals surface area contributed by atoms with Crippen molar-refractivity contribution < 1.29 is 35.1 Å². The van der Waals surface area contributed by atoms with Crippen LogP contribution in [0.5, 0.6) is 6.01 Å². The number of nitrogens with zero attached hydrogens (tertiary/aromatic N) is 5. The molecule has 0 spiro atoms. The highest BCUT2D eigenvalue weighted by molar-refractivity contribution is 7.89. The Balaban J connectivity index is 1.49. The minimum Gasteiger partial charge on any atom is -0.465 e. The number of aryl methyl sites for hydroxylation is 1. The lowest BCUT2D eigenvalue weighted by Crippen LogP contribution is -2.49. The van der Waals surface area contributed by atoms with E-state index in [1.54, 1.807) is 24.0 Å². The van der Waals surface area contributed by atoms with Crippen molar-refractivity contribution in [2.75, 3.05) is 43.0 Å². The summed E-state index contributed by atoms with van der Waals surface area (Å²) in [5.74, 6) is 0.688. The van der Waals surface area contributed by atoms with Gasteiger partial charge in [-0.15, -0.1) is 0 Å². The third-order valence-corrected chi connectivity index (χ3v) is 7.07. The Morgan fingerprint density at radius 1 is 1.03 bits per heavy atom. The van der Waals surface area contributed by atoms with Gasteiger partial charge in [-0.3, -0.25) is 0 Å². The van der Waals surface area contributed by atoms with Crippen molar-refractivity contribution in [3.63, 3.8) is 0 Å². The molecule has 0 bridgehead atoms. The Labute approximate surface area is 204 Å². The van der Waals surface area contributed by atoms with Gasteiger partial charge in [0, 0.05) is 26.2 Å². The molecule has 1 aromatic carbocycles. The number of hydrogen-bond donors (Lipinski definition) is 1. The molecule has 3 aromatic rings. The molecule has 3 heterocycles. The number of hydrogen-bond acceptors (Lipinski definition) is 9. The van der Waals surface area contributed by atoms with Gasteiger partial charge in [-0.2, -0.15) is 32.4 Å². The Morgan fingerprint density at radius 2 is 1.72 bits per heavy atom. The van der Waals surface area contributed by atoms with Crippen molar-refractivity contribution in [3.05, 3.63) is 53.7 Å². The zero-order valence-corrected chi connectivity index (χ0v) is 19.8. The predicted molar refractivity (Wildman–Crippen MR) is 120 cm³/mol. The first-order valence-electron chi connectivity index (χ1n) is 10.7. The summed E-state index contributed by atoms with van der Waals surface area (Å²) in [6.45, 7) is 0.761. The smallest absolute Gasteiger partial charge is 0.422 e. The Morgan fingerprint density at radius 3 is 2.33 bits per heavy atom. The molecule has 1 N–H and O–H groups in total. The van der Waals surface area contributed by atoms with Crippen LogP contribution in [0, 0.1) is 12.7 Å². The minimum atomic E-state index is -4.59. The van der Waals surface area contributed by atoms with Crippen molar-refractivity contribution in [2.24, 2.45) is 0 Å². The summed E-state index contributed by atoms with van der Waals surface area (Å²) in [5, 5.41) is 2.87. The molecule has 0 amide bonds. The molecule has 0 aliphatic carbocycles. The van der Waals surface area contributed by atoms with E-state index < -0.39 is 34.6 Å². The summed E-state index contributed by atoms with van der Waals surface area (Å²) in [5.41, 5.74) is 0. The number of aromatic nitrogens is 3. The van der Waals surface area contributed by atoms with E-state index in [-0.39, 0.29) is 49.5 Å². The van der Waals surface area contributed by atoms with E-state index in [1.165, 1.54) is 16.4 Å². The van der Waals surface area contributed by atoms with E-state index in [0.29, 0.717) is 11.5 Å². The molecular formula is C21H22F4N6O4S.